The Labute approximate surface area is 139 Å². The lowest BCUT2D eigenvalue weighted by molar-refractivity contribution is -0.201. The summed E-state index contributed by atoms with van der Waals surface area (Å²) in [7, 11) is 0. The Kier molecular flexibility index (Phi) is 4.31. The number of allylic oxidation sites excluding steroid dienone is 1. The molecule has 128 valence electrons. The molecular formula is C20H30O3. The van der Waals surface area contributed by atoms with Gasteiger partial charge in [-0.2, -0.15) is 0 Å². The lowest BCUT2D eigenvalue weighted by Gasteiger charge is -2.60. The predicted molar refractivity (Wildman–Crippen MR) is 90.7 cm³/mol. The van der Waals surface area contributed by atoms with E-state index >= 15 is 0 Å². The summed E-state index contributed by atoms with van der Waals surface area (Å²) in [4.78, 5) is 11.3. The summed E-state index contributed by atoms with van der Waals surface area (Å²) < 4.78 is 5.95. The van der Waals surface area contributed by atoms with Crippen LogP contribution in [0.25, 0.3) is 0 Å². The van der Waals surface area contributed by atoms with Gasteiger partial charge in [-0.15, -0.1) is 0 Å². The SMILES string of the molecule is C=C1CCCC2C1(C)CCC(C)C2(C)C1C=C(C=O)CC(O)O1. The van der Waals surface area contributed by atoms with Gasteiger partial charge in [0.1, 0.15) is 6.29 Å². The molecule has 1 heterocycles. The standard InChI is InChI=1S/C20H30O3/c1-13-6-5-7-16-19(13,3)9-8-14(2)20(16,4)17-10-15(12-21)11-18(22)23-17/h10,12,14,16-18,22H,1,5-9,11H2,2-4H3. The van der Waals surface area contributed by atoms with Crippen molar-refractivity contribution in [1.29, 1.82) is 0 Å². The Morgan fingerprint density at radius 1 is 1.39 bits per heavy atom. The van der Waals surface area contributed by atoms with Crippen LogP contribution in [0.15, 0.2) is 23.8 Å². The van der Waals surface area contributed by atoms with Gasteiger partial charge in [-0.25, -0.2) is 0 Å². The molecule has 1 N–H and O–H groups in total. The van der Waals surface area contributed by atoms with Crippen LogP contribution in [0.4, 0.5) is 0 Å². The number of carbonyl (C=O) groups excluding carboxylic acids is 1. The van der Waals surface area contributed by atoms with Crippen molar-refractivity contribution in [3.63, 3.8) is 0 Å². The zero-order valence-electron chi connectivity index (χ0n) is 14.7. The van der Waals surface area contributed by atoms with Crippen LogP contribution >= 0.6 is 0 Å². The molecule has 1 aliphatic heterocycles. The molecule has 3 heteroatoms. The normalized spacial score (nSPS) is 47.7. The van der Waals surface area contributed by atoms with Crippen LogP contribution in [0.5, 0.6) is 0 Å². The van der Waals surface area contributed by atoms with Crippen LogP contribution in [0.3, 0.4) is 0 Å². The van der Waals surface area contributed by atoms with E-state index < -0.39 is 6.29 Å². The number of carbonyl (C=O) groups is 1. The molecule has 2 fully saturated rings. The highest BCUT2D eigenvalue weighted by Gasteiger charge is 2.57. The number of ether oxygens (including phenoxy) is 1. The molecule has 6 unspecified atom stereocenters. The predicted octanol–water partition coefficient (Wildman–Crippen LogP) is 4.02. The van der Waals surface area contributed by atoms with Crippen molar-refractivity contribution < 1.29 is 14.6 Å². The van der Waals surface area contributed by atoms with Crippen molar-refractivity contribution in [2.75, 3.05) is 0 Å². The lowest BCUT2D eigenvalue weighted by Crippen LogP contribution is -2.56. The van der Waals surface area contributed by atoms with Crippen molar-refractivity contribution in [3.05, 3.63) is 23.8 Å². The minimum atomic E-state index is -0.866. The van der Waals surface area contributed by atoms with E-state index in [9.17, 15) is 9.90 Å². The number of rotatable bonds is 2. The molecule has 2 aliphatic carbocycles. The Balaban J connectivity index is 2.03. The fourth-order valence-corrected chi connectivity index (χ4v) is 5.50. The topological polar surface area (TPSA) is 46.5 Å². The van der Waals surface area contributed by atoms with Crippen molar-refractivity contribution in [2.45, 2.75) is 71.7 Å². The number of hydrogen-bond acceptors (Lipinski definition) is 3. The van der Waals surface area contributed by atoms with Gasteiger partial charge in [0.2, 0.25) is 0 Å². The quantitative estimate of drug-likeness (QED) is 0.618. The molecule has 0 radical (unpaired) electrons. The molecule has 0 bridgehead atoms. The van der Waals surface area contributed by atoms with Crippen LogP contribution in [-0.4, -0.2) is 23.8 Å². The summed E-state index contributed by atoms with van der Waals surface area (Å²) >= 11 is 0. The summed E-state index contributed by atoms with van der Waals surface area (Å²) in [6.07, 6.45) is 7.90. The molecule has 0 spiro atoms. The van der Waals surface area contributed by atoms with Gasteiger partial charge in [-0.05, 0) is 61.0 Å². The smallest absolute Gasteiger partial charge is 0.159 e. The molecule has 23 heavy (non-hydrogen) atoms. The minimum Gasteiger partial charge on any atom is -0.368 e. The second-order valence-electron chi connectivity index (χ2n) is 8.35. The molecule has 0 aromatic heterocycles. The van der Waals surface area contributed by atoms with Gasteiger partial charge in [0, 0.05) is 11.8 Å². The summed E-state index contributed by atoms with van der Waals surface area (Å²) in [5.74, 6) is 0.977. The molecule has 0 aromatic carbocycles. The highest BCUT2D eigenvalue weighted by molar-refractivity contribution is 5.73. The van der Waals surface area contributed by atoms with Crippen LogP contribution in [0, 0.1) is 22.7 Å². The maximum absolute atomic E-state index is 11.3. The van der Waals surface area contributed by atoms with Crippen LogP contribution in [0.2, 0.25) is 0 Å². The third-order valence-electron chi connectivity index (χ3n) is 7.30. The van der Waals surface area contributed by atoms with Gasteiger partial charge in [0.25, 0.3) is 0 Å². The van der Waals surface area contributed by atoms with Crippen LogP contribution in [-0.2, 0) is 9.53 Å². The van der Waals surface area contributed by atoms with Gasteiger partial charge >= 0.3 is 0 Å². The van der Waals surface area contributed by atoms with E-state index in [-0.39, 0.29) is 16.9 Å². The molecule has 0 saturated heterocycles. The first-order valence-corrected chi connectivity index (χ1v) is 9.00. The maximum Gasteiger partial charge on any atom is 0.159 e. The number of aliphatic hydroxyl groups excluding tert-OH is 1. The van der Waals surface area contributed by atoms with Crippen molar-refractivity contribution in [2.24, 2.45) is 22.7 Å². The fraction of sp³-hybridized carbons (Fsp3) is 0.750. The first-order valence-electron chi connectivity index (χ1n) is 9.00. The van der Waals surface area contributed by atoms with Crippen molar-refractivity contribution >= 4 is 6.29 Å². The number of aliphatic hydroxyl groups is 1. The first kappa shape index (κ1) is 16.9. The van der Waals surface area contributed by atoms with Crippen molar-refractivity contribution in [1.82, 2.24) is 0 Å². The van der Waals surface area contributed by atoms with E-state index in [1.807, 2.05) is 6.08 Å². The van der Waals surface area contributed by atoms with Crippen LogP contribution < -0.4 is 0 Å². The van der Waals surface area contributed by atoms with E-state index in [1.165, 1.54) is 24.8 Å². The van der Waals surface area contributed by atoms with Gasteiger partial charge in [-0.3, -0.25) is 4.79 Å². The van der Waals surface area contributed by atoms with Gasteiger partial charge in [0.15, 0.2) is 6.29 Å². The number of hydrogen-bond donors (Lipinski definition) is 1. The Hall–Kier alpha value is -0.930. The van der Waals surface area contributed by atoms with Crippen LogP contribution in [0.1, 0.15) is 59.3 Å². The number of fused-ring (bicyclic) bond motifs is 1. The zero-order valence-corrected chi connectivity index (χ0v) is 14.7. The molecule has 6 atom stereocenters. The summed E-state index contributed by atoms with van der Waals surface area (Å²) in [5, 5.41) is 10.1. The summed E-state index contributed by atoms with van der Waals surface area (Å²) in [5.41, 5.74) is 2.12. The fourth-order valence-electron chi connectivity index (χ4n) is 5.50. The van der Waals surface area contributed by atoms with Gasteiger partial charge in [-0.1, -0.05) is 32.9 Å². The monoisotopic (exact) mass is 318 g/mol. The average molecular weight is 318 g/mol. The van der Waals surface area contributed by atoms with E-state index in [0.29, 0.717) is 23.8 Å². The molecule has 3 rings (SSSR count). The highest BCUT2D eigenvalue weighted by Crippen LogP contribution is 2.63. The van der Waals surface area contributed by atoms with E-state index in [2.05, 4.69) is 27.4 Å². The summed E-state index contributed by atoms with van der Waals surface area (Å²) in [6, 6.07) is 0. The van der Waals surface area contributed by atoms with Crippen molar-refractivity contribution in [3.8, 4) is 0 Å². The third-order valence-corrected chi connectivity index (χ3v) is 7.30. The first-order chi connectivity index (χ1) is 10.8. The Bertz CT molecular complexity index is 537. The van der Waals surface area contributed by atoms with Gasteiger partial charge in [0.05, 0.1) is 6.10 Å². The molecular weight excluding hydrogens is 288 g/mol. The van der Waals surface area contributed by atoms with Gasteiger partial charge < -0.3 is 9.84 Å². The Morgan fingerprint density at radius 2 is 2.13 bits per heavy atom. The molecule has 3 nitrogen and oxygen atoms in total. The largest absolute Gasteiger partial charge is 0.368 e. The molecule has 2 saturated carbocycles. The van der Waals surface area contributed by atoms with E-state index in [1.54, 1.807) is 0 Å². The number of aldehydes is 1. The second kappa shape index (κ2) is 5.86. The Morgan fingerprint density at radius 3 is 2.83 bits per heavy atom. The second-order valence-corrected chi connectivity index (χ2v) is 8.35. The molecule has 0 aromatic rings. The zero-order chi connectivity index (χ0) is 16.8. The highest BCUT2D eigenvalue weighted by atomic mass is 16.6. The molecule has 0 amide bonds. The maximum atomic E-state index is 11.3. The van der Waals surface area contributed by atoms with E-state index in [4.69, 9.17) is 4.74 Å². The van der Waals surface area contributed by atoms with E-state index in [0.717, 1.165) is 19.1 Å². The lowest BCUT2D eigenvalue weighted by atomic mass is 9.45. The summed E-state index contributed by atoms with van der Waals surface area (Å²) in [6.45, 7) is 11.4. The molecule has 3 aliphatic rings. The minimum absolute atomic E-state index is 0.0774. The average Bonchev–Trinajstić information content (AvgIpc) is 2.53. The third kappa shape index (κ3) is 2.53.